The summed E-state index contributed by atoms with van der Waals surface area (Å²) < 4.78 is 16.3. The first kappa shape index (κ1) is 10.6. The lowest BCUT2D eigenvalue weighted by molar-refractivity contribution is -0.267. The molecule has 2 saturated heterocycles. The zero-order chi connectivity index (χ0) is 11.1. The number of carbonyl (C=O) groups is 1. The molecule has 15 heavy (non-hydrogen) atoms. The van der Waals surface area contributed by atoms with Crippen molar-refractivity contribution in [3.8, 4) is 0 Å². The summed E-state index contributed by atoms with van der Waals surface area (Å²) in [7, 11) is 1.55. The van der Waals surface area contributed by atoms with Crippen molar-refractivity contribution in [2.75, 3.05) is 7.11 Å². The summed E-state index contributed by atoms with van der Waals surface area (Å²) in [6, 6.07) is 0. The van der Waals surface area contributed by atoms with Crippen LogP contribution in [0.4, 0.5) is 0 Å². The molecule has 2 rings (SSSR count). The molecule has 2 heterocycles. The predicted octanol–water partition coefficient (Wildman–Crippen LogP) is 1.40. The SMILES string of the molecule is C=C(C)[C@@H]1CC[C@@]2(OC)OC(=O)C[C@H]2O1. The summed E-state index contributed by atoms with van der Waals surface area (Å²) in [5.74, 6) is -1.09. The normalized spacial score (nSPS) is 39.7. The molecule has 3 atom stereocenters. The van der Waals surface area contributed by atoms with E-state index in [-0.39, 0.29) is 24.6 Å². The maximum atomic E-state index is 11.2. The molecular weight excluding hydrogens is 196 g/mol. The second-order valence-electron chi connectivity index (χ2n) is 4.19. The van der Waals surface area contributed by atoms with E-state index in [1.165, 1.54) is 0 Å². The van der Waals surface area contributed by atoms with E-state index in [0.29, 0.717) is 6.42 Å². The number of fused-ring (bicyclic) bond motifs is 1. The van der Waals surface area contributed by atoms with Crippen molar-refractivity contribution < 1.29 is 19.0 Å². The van der Waals surface area contributed by atoms with Crippen molar-refractivity contribution in [2.24, 2.45) is 0 Å². The average molecular weight is 212 g/mol. The molecule has 4 nitrogen and oxygen atoms in total. The Bertz CT molecular complexity index is 299. The van der Waals surface area contributed by atoms with Crippen LogP contribution in [0.15, 0.2) is 12.2 Å². The molecule has 0 aromatic heterocycles. The number of methoxy groups -OCH3 is 1. The van der Waals surface area contributed by atoms with Gasteiger partial charge in [-0.25, -0.2) is 0 Å². The van der Waals surface area contributed by atoms with Crippen LogP contribution in [0.5, 0.6) is 0 Å². The second-order valence-corrected chi connectivity index (χ2v) is 4.19. The molecule has 0 bridgehead atoms. The topological polar surface area (TPSA) is 44.8 Å². The Kier molecular flexibility index (Phi) is 2.56. The summed E-state index contributed by atoms with van der Waals surface area (Å²) >= 11 is 0. The molecule has 0 amide bonds. The Morgan fingerprint density at radius 2 is 2.40 bits per heavy atom. The largest absolute Gasteiger partial charge is 0.430 e. The van der Waals surface area contributed by atoms with Crippen molar-refractivity contribution in [1.29, 1.82) is 0 Å². The van der Waals surface area contributed by atoms with Crippen LogP contribution in [0.1, 0.15) is 26.2 Å². The van der Waals surface area contributed by atoms with Gasteiger partial charge < -0.3 is 14.2 Å². The molecule has 0 aromatic rings. The van der Waals surface area contributed by atoms with Gasteiger partial charge in [-0.3, -0.25) is 4.79 Å². The Morgan fingerprint density at radius 3 is 3.00 bits per heavy atom. The molecule has 0 saturated carbocycles. The Hall–Kier alpha value is -0.870. The lowest BCUT2D eigenvalue weighted by Crippen LogP contribution is -2.49. The van der Waals surface area contributed by atoms with Gasteiger partial charge in [0, 0.05) is 13.5 Å². The zero-order valence-electron chi connectivity index (χ0n) is 9.12. The van der Waals surface area contributed by atoms with Crippen LogP contribution in [0.2, 0.25) is 0 Å². The summed E-state index contributed by atoms with van der Waals surface area (Å²) in [5.41, 5.74) is 0.985. The number of ether oxygens (including phenoxy) is 3. The first-order chi connectivity index (χ1) is 7.07. The van der Waals surface area contributed by atoms with Crippen LogP contribution in [-0.2, 0) is 19.0 Å². The van der Waals surface area contributed by atoms with E-state index >= 15 is 0 Å². The molecule has 2 aliphatic rings. The molecule has 4 heteroatoms. The highest BCUT2D eigenvalue weighted by atomic mass is 16.7. The minimum absolute atomic E-state index is 0.0211. The maximum absolute atomic E-state index is 11.2. The van der Waals surface area contributed by atoms with Gasteiger partial charge in [-0.05, 0) is 13.3 Å². The van der Waals surface area contributed by atoms with Crippen LogP contribution in [0.25, 0.3) is 0 Å². The standard InChI is InChI=1S/C11H16O4/c1-7(2)8-4-5-11(13-3)9(14-8)6-10(12)15-11/h8-9H,1,4-6H2,2-3H3/t8-,9+,11+/m0/s1. The number of hydrogen-bond acceptors (Lipinski definition) is 4. The first-order valence-corrected chi connectivity index (χ1v) is 5.15. The maximum Gasteiger partial charge on any atom is 0.311 e. The molecule has 0 aromatic carbocycles. The first-order valence-electron chi connectivity index (χ1n) is 5.15. The fourth-order valence-corrected chi connectivity index (χ4v) is 2.21. The molecule has 0 spiro atoms. The number of esters is 1. The highest BCUT2D eigenvalue weighted by Gasteiger charge is 2.54. The average Bonchev–Trinajstić information content (AvgIpc) is 2.53. The Labute approximate surface area is 89.2 Å². The Morgan fingerprint density at radius 1 is 1.67 bits per heavy atom. The molecule has 0 N–H and O–H groups in total. The minimum Gasteiger partial charge on any atom is -0.430 e. The summed E-state index contributed by atoms with van der Waals surface area (Å²) in [6.07, 6.45) is 1.47. The van der Waals surface area contributed by atoms with E-state index in [1.807, 2.05) is 6.92 Å². The van der Waals surface area contributed by atoms with E-state index < -0.39 is 5.79 Å². The van der Waals surface area contributed by atoms with Gasteiger partial charge in [-0.1, -0.05) is 12.2 Å². The predicted molar refractivity (Wildman–Crippen MR) is 53.2 cm³/mol. The van der Waals surface area contributed by atoms with E-state index in [2.05, 4.69) is 6.58 Å². The Balaban J connectivity index is 2.14. The number of rotatable bonds is 2. The highest BCUT2D eigenvalue weighted by molar-refractivity contribution is 5.73. The third kappa shape index (κ3) is 1.68. The number of hydrogen-bond donors (Lipinski definition) is 0. The van der Waals surface area contributed by atoms with Crippen molar-refractivity contribution in [1.82, 2.24) is 0 Å². The minimum atomic E-state index is -0.844. The fourth-order valence-electron chi connectivity index (χ4n) is 2.21. The monoisotopic (exact) mass is 212 g/mol. The molecule has 0 aliphatic carbocycles. The highest BCUT2D eigenvalue weighted by Crippen LogP contribution is 2.40. The molecule has 0 radical (unpaired) electrons. The van der Waals surface area contributed by atoms with Crippen LogP contribution >= 0.6 is 0 Å². The fraction of sp³-hybridized carbons (Fsp3) is 0.727. The lowest BCUT2D eigenvalue weighted by Gasteiger charge is -2.39. The van der Waals surface area contributed by atoms with Crippen molar-refractivity contribution >= 4 is 5.97 Å². The third-order valence-electron chi connectivity index (χ3n) is 3.11. The second kappa shape index (κ2) is 3.61. The van der Waals surface area contributed by atoms with Crippen LogP contribution in [0, 0.1) is 0 Å². The van der Waals surface area contributed by atoms with Gasteiger partial charge in [0.15, 0.2) is 0 Å². The van der Waals surface area contributed by atoms with Gasteiger partial charge in [0.25, 0.3) is 0 Å². The van der Waals surface area contributed by atoms with Crippen LogP contribution in [-0.4, -0.2) is 31.1 Å². The van der Waals surface area contributed by atoms with Gasteiger partial charge >= 0.3 is 5.97 Å². The zero-order valence-corrected chi connectivity index (χ0v) is 9.12. The van der Waals surface area contributed by atoms with Gasteiger partial charge in [-0.2, -0.15) is 0 Å². The van der Waals surface area contributed by atoms with Gasteiger partial charge in [0.2, 0.25) is 5.79 Å². The van der Waals surface area contributed by atoms with E-state index in [9.17, 15) is 4.79 Å². The number of carbonyl (C=O) groups excluding carboxylic acids is 1. The molecule has 0 unspecified atom stereocenters. The molecule has 2 fully saturated rings. The van der Waals surface area contributed by atoms with Gasteiger partial charge in [-0.15, -0.1) is 0 Å². The lowest BCUT2D eigenvalue weighted by atomic mass is 9.94. The van der Waals surface area contributed by atoms with Crippen molar-refractivity contribution in [2.45, 2.75) is 44.2 Å². The molecule has 84 valence electrons. The van der Waals surface area contributed by atoms with Crippen molar-refractivity contribution in [3.05, 3.63) is 12.2 Å². The van der Waals surface area contributed by atoms with E-state index in [4.69, 9.17) is 14.2 Å². The van der Waals surface area contributed by atoms with Crippen molar-refractivity contribution in [3.63, 3.8) is 0 Å². The van der Waals surface area contributed by atoms with E-state index in [0.717, 1.165) is 12.0 Å². The third-order valence-corrected chi connectivity index (χ3v) is 3.11. The van der Waals surface area contributed by atoms with Crippen LogP contribution < -0.4 is 0 Å². The molecule has 2 aliphatic heterocycles. The smallest absolute Gasteiger partial charge is 0.311 e. The van der Waals surface area contributed by atoms with Crippen LogP contribution in [0.3, 0.4) is 0 Å². The summed E-state index contributed by atoms with van der Waals surface area (Å²) in [4.78, 5) is 11.2. The van der Waals surface area contributed by atoms with Gasteiger partial charge in [0.1, 0.15) is 6.10 Å². The quantitative estimate of drug-likeness (QED) is 0.512. The van der Waals surface area contributed by atoms with Gasteiger partial charge in [0.05, 0.1) is 12.5 Å². The summed E-state index contributed by atoms with van der Waals surface area (Å²) in [5, 5.41) is 0. The van der Waals surface area contributed by atoms with E-state index in [1.54, 1.807) is 7.11 Å². The summed E-state index contributed by atoms with van der Waals surface area (Å²) in [6.45, 7) is 5.80. The molecular formula is C11H16O4.